The standard InChI is InChI=1S/C26H29N3O2/c1-20-11-12-22(18-21(20)2)19-28-14-7-15-29(17-16-28)26(30)24-10-6-13-27-25(24)31-23-8-4-3-5-9-23/h3-6,8-13,18H,7,14-17,19H2,1-2H3. The fourth-order valence-corrected chi connectivity index (χ4v) is 3.90. The highest BCUT2D eigenvalue weighted by atomic mass is 16.5. The van der Waals surface area contributed by atoms with Crippen molar-refractivity contribution in [2.45, 2.75) is 26.8 Å². The molecule has 2 aromatic carbocycles. The van der Waals surface area contributed by atoms with Gasteiger partial charge in [0.15, 0.2) is 0 Å². The zero-order chi connectivity index (χ0) is 21.6. The van der Waals surface area contributed by atoms with Gasteiger partial charge in [-0.1, -0.05) is 36.4 Å². The first-order valence-electron chi connectivity index (χ1n) is 10.9. The van der Waals surface area contributed by atoms with Gasteiger partial charge < -0.3 is 9.64 Å². The largest absolute Gasteiger partial charge is 0.438 e. The Morgan fingerprint density at radius 3 is 2.58 bits per heavy atom. The van der Waals surface area contributed by atoms with Crippen molar-refractivity contribution in [1.29, 1.82) is 0 Å². The van der Waals surface area contributed by atoms with E-state index in [2.05, 4.69) is 41.9 Å². The van der Waals surface area contributed by atoms with E-state index in [1.807, 2.05) is 35.2 Å². The van der Waals surface area contributed by atoms with Crippen LogP contribution in [0.2, 0.25) is 0 Å². The number of amides is 1. The Bertz CT molecular complexity index is 1040. The van der Waals surface area contributed by atoms with Crippen molar-refractivity contribution < 1.29 is 9.53 Å². The molecule has 1 aliphatic heterocycles. The first-order chi connectivity index (χ1) is 15.1. The summed E-state index contributed by atoms with van der Waals surface area (Å²) in [7, 11) is 0. The first kappa shape index (κ1) is 21.1. The number of rotatable bonds is 5. The number of carbonyl (C=O) groups is 1. The number of para-hydroxylation sites is 1. The van der Waals surface area contributed by atoms with E-state index in [9.17, 15) is 4.79 Å². The third-order valence-electron chi connectivity index (χ3n) is 5.81. The monoisotopic (exact) mass is 415 g/mol. The van der Waals surface area contributed by atoms with Gasteiger partial charge in [0.1, 0.15) is 11.3 Å². The molecule has 0 bridgehead atoms. The van der Waals surface area contributed by atoms with E-state index in [-0.39, 0.29) is 5.91 Å². The number of aryl methyl sites for hydroxylation is 2. The molecule has 0 radical (unpaired) electrons. The molecule has 31 heavy (non-hydrogen) atoms. The Hall–Kier alpha value is -3.18. The first-order valence-corrected chi connectivity index (χ1v) is 10.9. The van der Waals surface area contributed by atoms with Gasteiger partial charge in [-0.3, -0.25) is 9.69 Å². The normalized spacial score (nSPS) is 14.8. The number of pyridine rings is 1. The van der Waals surface area contributed by atoms with Crippen LogP contribution < -0.4 is 4.74 Å². The molecule has 5 nitrogen and oxygen atoms in total. The predicted molar refractivity (Wildman–Crippen MR) is 122 cm³/mol. The summed E-state index contributed by atoms with van der Waals surface area (Å²) in [6, 6.07) is 19.7. The minimum atomic E-state index is -0.0212. The summed E-state index contributed by atoms with van der Waals surface area (Å²) < 4.78 is 5.90. The maximum absolute atomic E-state index is 13.3. The van der Waals surface area contributed by atoms with Gasteiger partial charge in [0, 0.05) is 38.9 Å². The second-order valence-electron chi connectivity index (χ2n) is 8.11. The maximum Gasteiger partial charge on any atom is 0.259 e. The van der Waals surface area contributed by atoms with Crippen LogP contribution in [0.5, 0.6) is 11.6 Å². The fourth-order valence-electron chi connectivity index (χ4n) is 3.90. The number of hydrogen-bond donors (Lipinski definition) is 0. The van der Waals surface area contributed by atoms with Crippen LogP contribution in [0.3, 0.4) is 0 Å². The van der Waals surface area contributed by atoms with Gasteiger partial charge in [-0.15, -0.1) is 0 Å². The number of ether oxygens (including phenoxy) is 1. The highest BCUT2D eigenvalue weighted by molar-refractivity contribution is 5.96. The summed E-state index contributed by atoms with van der Waals surface area (Å²) in [6.07, 6.45) is 2.61. The Kier molecular flexibility index (Phi) is 6.63. The van der Waals surface area contributed by atoms with Crippen LogP contribution in [0.4, 0.5) is 0 Å². The predicted octanol–water partition coefficient (Wildman–Crippen LogP) is 4.84. The molecule has 3 aromatic rings. The molecule has 160 valence electrons. The molecular formula is C26H29N3O2. The minimum absolute atomic E-state index is 0.0212. The summed E-state index contributed by atoms with van der Waals surface area (Å²) in [5, 5.41) is 0. The summed E-state index contributed by atoms with van der Waals surface area (Å²) in [5.74, 6) is 1.01. The summed E-state index contributed by atoms with van der Waals surface area (Å²) >= 11 is 0. The number of carbonyl (C=O) groups excluding carboxylic acids is 1. The highest BCUT2D eigenvalue weighted by Gasteiger charge is 2.23. The average Bonchev–Trinajstić information content (AvgIpc) is 3.02. The van der Waals surface area contributed by atoms with E-state index >= 15 is 0 Å². The molecule has 0 N–H and O–H groups in total. The molecule has 4 rings (SSSR count). The number of nitrogens with zero attached hydrogens (tertiary/aromatic N) is 3. The van der Waals surface area contributed by atoms with Crippen LogP contribution >= 0.6 is 0 Å². The summed E-state index contributed by atoms with van der Waals surface area (Å²) in [4.78, 5) is 22.0. The molecule has 2 heterocycles. The molecule has 1 aromatic heterocycles. The molecule has 1 saturated heterocycles. The molecule has 1 fully saturated rings. The zero-order valence-electron chi connectivity index (χ0n) is 18.3. The third-order valence-corrected chi connectivity index (χ3v) is 5.81. The van der Waals surface area contributed by atoms with Gasteiger partial charge in [0.2, 0.25) is 5.88 Å². The number of aromatic nitrogens is 1. The van der Waals surface area contributed by atoms with Crippen LogP contribution in [0, 0.1) is 13.8 Å². The van der Waals surface area contributed by atoms with Gasteiger partial charge in [0.05, 0.1) is 0 Å². The van der Waals surface area contributed by atoms with Crippen molar-refractivity contribution in [3.63, 3.8) is 0 Å². The van der Waals surface area contributed by atoms with Crippen molar-refractivity contribution in [2.24, 2.45) is 0 Å². The van der Waals surface area contributed by atoms with Gasteiger partial charge in [0.25, 0.3) is 5.91 Å². The van der Waals surface area contributed by atoms with Gasteiger partial charge in [-0.25, -0.2) is 4.98 Å². The quantitative estimate of drug-likeness (QED) is 0.598. The lowest BCUT2D eigenvalue weighted by atomic mass is 10.1. The Morgan fingerprint density at radius 2 is 1.77 bits per heavy atom. The molecule has 0 aliphatic carbocycles. The van der Waals surface area contributed by atoms with Crippen LogP contribution in [0.15, 0.2) is 66.9 Å². The van der Waals surface area contributed by atoms with Crippen LogP contribution in [0.25, 0.3) is 0 Å². The third kappa shape index (κ3) is 5.30. The van der Waals surface area contributed by atoms with E-state index in [0.29, 0.717) is 23.7 Å². The van der Waals surface area contributed by atoms with Gasteiger partial charge in [-0.05, 0) is 61.2 Å². The van der Waals surface area contributed by atoms with Crippen LogP contribution in [-0.2, 0) is 6.54 Å². The Balaban J connectivity index is 1.42. The Morgan fingerprint density at radius 1 is 0.935 bits per heavy atom. The van der Waals surface area contributed by atoms with E-state index in [4.69, 9.17) is 4.74 Å². The number of benzene rings is 2. The maximum atomic E-state index is 13.3. The minimum Gasteiger partial charge on any atom is -0.438 e. The van der Waals surface area contributed by atoms with E-state index in [0.717, 1.165) is 32.6 Å². The lowest BCUT2D eigenvalue weighted by Crippen LogP contribution is -2.35. The molecule has 1 amide bonds. The molecule has 0 spiro atoms. The highest BCUT2D eigenvalue weighted by Crippen LogP contribution is 2.24. The molecule has 0 atom stereocenters. The van der Waals surface area contributed by atoms with Gasteiger partial charge >= 0.3 is 0 Å². The van der Waals surface area contributed by atoms with E-state index < -0.39 is 0 Å². The lowest BCUT2D eigenvalue weighted by Gasteiger charge is -2.23. The SMILES string of the molecule is Cc1ccc(CN2CCCN(C(=O)c3cccnc3Oc3ccccc3)CC2)cc1C. The summed E-state index contributed by atoms with van der Waals surface area (Å²) in [6.45, 7) is 8.49. The van der Waals surface area contributed by atoms with Crippen molar-refractivity contribution in [3.8, 4) is 11.6 Å². The smallest absolute Gasteiger partial charge is 0.259 e. The van der Waals surface area contributed by atoms with Gasteiger partial charge in [-0.2, -0.15) is 0 Å². The second kappa shape index (κ2) is 9.75. The van der Waals surface area contributed by atoms with Crippen molar-refractivity contribution in [3.05, 3.63) is 89.1 Å². The average molecular weight is 416 g/mol. The topological polar surface area (TPSA) is 45.7 Å². The van der Waals surface area contributed by atoms with E-state index in [1.54, 1.807) is 18.3 Å². The summed E-state index contributed by atoms with van der Waals surface area (Å²) in [5.41, 5.74) is 4.48. The van der Waals surface area contributed by atoms with Crippen LogP contribution in [0.1, 0.15) is 33.5 Å². The van der Waals surface area contributed by atoms with Crippen LogP contribution in [-0.4, -0.2) is 46.9 Å². The Labute approximate surface area is 184 Å². The molecular weight excluding hydrogens is 386 g/mol. The lowest BCUT2D eigenvalue weighted by molar-refractivity contribution is 0.0757. The molecule has 0 saturated carbocycles. The fraction of sp³-hybridized carbons (Fsp3) is 0.308. The van der Waals surface area contributed by atoms with Crippen molar-refractivity contribution in [1.82, 2.24) is 14.8 Å². The number of hydrogen-bond acceptors (Lipinski definition) is 4. The molecule has 5 heteroatoms. The second-order valence-corrected chi connectivity index (χ2v) is 8.11. The van der Waals surface area contributed by atoms with Crippen molar-refractivity contribution >= 4 is 5.91 Å². The molecule has 0 unspecified atom stereocenters. The van der Waals surface area contributed by atoms with Crippen molar-refractivity contribution in [2.75, 3.05) is 26.2 Å². The zero-order valence-corrected chi connectivity index (χ0v) is 18.3. The molecule has 1 aliphatic rings. The van der Waals surface area contributed by atoms with E-state index in [1.165, 1.54) is 16.7 Å².